The molecule has 94 valence electrons. The van der Waals surface area contributed by atoms with E-state index in [1.54, 1.807) is 0 Å². The second kappa shape index (κ2) is 5.17. The lowest BCUT2D eigenvalue weighted by Crippen LogP contribution is -2.44. The third-order valence-corrected chi connectivity index (χ3v) is 3.13. The van der Waals surface area contributed by atoms with Gasteiger partial charge >= 0.3 is 5.97 Å². The number of hydrogen-bond acceptors (Lipinski definition) is 3. The minimum Gasteiger partial charge on any atom is -0.459 e. The summed E-state index contributed by atoms with van der Waals surface area (Å²) < 4.78 is 5.47. The molecule has 1 heterocycles. The number of esters is 1. The number of likely N-dealkylation sites (tertiary alicyclic amines) is 1. The zero-order valence-corrected chi connectivity index (χ0v) is 11.2. The Bertz CT molecular complexity index is 245. The molecule has 0 aliphatic carbocycles. The average Bonchev–Trinajstić information content (AvgIpc) is 2.62. The summed E-state index contributed by atoms with van der Waals surface area (Å²) in [7, 11) is 0. The fourth-order valence-electron chi connectivity index (χ4n) is 2.17. The van der Waals surface area contributed by atoms with Gasteiger partial charge in [0.2, 0.25) is 0 Å². The van der Waals surface area contributed by atoms with Gasteiger partial charge in [-0.3, -0.25) is 9.69 Å². The molecule has 0 bridgehead atoms. The van der Waals surface area contributed by atoms with E-state index in [2.05, 4.69) is 18.7 Å². The molecule has 1 saturated heterocycles. The van der Waals surface area contributed by atoms with Crippen molar-refractivity contribution in [2.24, 2.45) is 0 Å². The van der Waals surface area contributed by atoms with E-state index >= 15 is 0 Å². The predicted octanol–water partition coefficient (Wildman–Crippen LogP) is 2.59. The fourth-order valence-corrected chi connectivity index (χ4v) is 2.17. The first-order valence-electron chi connectivity index (χ1n) is 6.33. The highest BCUT2D eigenvalue weighted by Gasteiger charge is 2.35. The topological polar surface area (TPSA) is 29.5 Å². The van der Waals surface area contributed by atoms with Crippen molar-refractivity contribution >= 4 is 5.97 Å². The Balaban J connectivity index is 2.61. The third-order valence-electron chi connectivity index (χ3n) is 3.13. The fraction of sp³-hybridized carbons (Fsp3) is 0.923. The van der Waals surface area contributed by atoms with Gasteiger partial charge in [-0.05, 0) is 53.5 Å². The van der Waals surface area contributed by atoms with Gasteiger partial charge in [0.05, 0.1) is 0 Å². The first-order valence-corrected chi connectivity index (χ1v) is 6.33. The van der Waals surface area contributed by atoms with Crippen LogP contribution in [0.1, 0.15) is 53.9 Å². The van der Waals surface area contributed by atoms with Crippen LogP contribution in [0.2, 0.25) is 0 Å². The maximum atomic E-state index is 12.0. The van der Waals surface area contributed by atoms with E-state index in [1.807, 2.05) is 20.8 Å². The van der Waals surface area contributed by atoms with E-state index in [1.165, 1.54) is 0 Å². The van der Waals surface area contributed by atoms with Gasteiger partial charge in [0.15, 0.2) is 0 Å². The second-order valence-electron chi connectivity index (χ2n) is 5.69. The first kappa shape index (κ1) is 13.5. The van der Waals surface area contributed by atoms with E-state index in [-0.39, 0.29) is 17.6 Å². The van der Waals surface area contributed by atoms with Gasteiger partial charge in [0.1, 0.15) is 11.6 Å². The Labute approximate surface area is 99.1 Å². The summed E-state index contributed by atoms with van der Waals surface area (Å²) in [5.41, 5.74) is -0.374. The van der Waals surface area contributed by atoms with Crippen molar-refractivity contribution in [1.29, 1.82) is 0 Å². The minimum absolute atomic E-state index is 0.0193. The van der Waals surface area contributed by atoms with Crippen molar-refractivity contribution in [3.8, 4) is 0 Å². The Morgan fingerprint density at radius 3 is 2.62 bits per heavy atom. The molecule has 3 nitrogen and oxygen atoms in total. The van der Waals surface area contributed by atoms with Gasteiger partial charge in [-0.1, -0.05) is 6.92 Å². The molecule has 0 N–H and O–H groups in total. The quantitative estimate of drug-likeness (QED) is 0.694. The van der Waals surface area contributed by atoms with Crippen molar-refractivity contribution in [2.75, 3.05) is 6.54 Å². The van der Waals surface area contributed by atoms with Gasteiger partial charge in [-0.25, -0.2) is 0 Å². The molecule has 0 amide bonds. The molecule has 1 unspecified atom stereocenters. The van der Waals surface area contributed by atoms with E-state index in [0.717, 1.165) is 25.8 Å². The summed E-state index contributed by atoms with van der Waals surface area (Å²) in [6.45, 7) is 11.1. The molecule has 0 saturated carbocycles. The normalized spacial score (nSPS) is 24.4. The number of carbonyl (C=O) groups is 1. The van der Waals surface area contributed by atoms with Crippen molar-refractivity contribution in [3.63, 3.8) is 0 Å². The molecule has 1 rings (SSSR count). The molecule has 0 aromatic rings. The van der Waals surface area contributed by atoms with Gasteiger partial charge < -0.3 is 4.74 Å². The highest BCUT2D eigenvalue weighted by molar-refractivity contribution is 5.76. The third kappa shape index (κ3) is 3.48. The summed E-state index contributed by atoms with van der Waals surface area (Å²) in [6, 6.07) is 0.453. The second-order valence-corrected chi connectivity index (χ2v) is 5.69. The van der Waals surface area contributed by atoms with Gasteiger partial charge in [0.25, 0.3) is 0 Å². The highest BCUT2D eigenvalue weighted by atomic mass is 16.6. The number of hydrogen-bond donors (Lipinski definition) is 0. The van der Waals surface area contributed by atoms with Crippen molar-refractivity contribution in [2.45, 2.75) is 71.6 Å². The number of carbonyl (C=O) groups excluding carboxylic acids is 1. The molecule has 0 spiro atoms. The van der Waals surface area contributed by atoms with Crippen LogP contribution in [0.5, 0.6) is 0 Å². The minimum atomic E-state index is -0.374. The first-order chi connectivity index (χ1) is 7.35. The summed E-state index contributed by atoms with van der Waals surface area (Å²) >= 11 is 0. The summed E-state index contributed by atoms with van der Waals surface area (Å²) in [5.74, 6) is -0.0506. The van der Waals surface area contributed by atoms with Gasteiger partial charge in [0, 0.05) is 6.04 Å². The van der Waals surface area contributed by atoms with Crippen molar-refractivity contribution in [1.82, 2.24) is 4.90 Å². The highest BCUT2D eigenvalue weighted by Crippen LogP contribution is 2.24. The molecular formula is C13H25NO2. The van der Waals surface area contributed by atoms with E-state index in [0.29, 0.717) is 6.04 Å². The smallest absolute Gasteiger partial charge is 0.323 e. The Morgan fingerprint density at radius 1 is 1.50 bits per heavy atom. The zero-order chi connectivity index (χ0) is 12.3. The Kier molecular flexibility index (Phi) is 4.36. The lowest BCUT2D eigenvalue weighted by atomic mass is 10.1. The molecule has 3 heteroatoms. The zero-order valence-electron chi connectivity index (χ0n) is 11.2. The number of nitrogens with zero attached hydrogens (tertiary/aromatic N) is 1. The molecule has 0 aromatic carbocycles. The molecule has 1 aliphatic rings. The predicted molar refractivity (Wildman–Crippen MR) is 65.3 cm³/mol. The molecular weight excluding hydrogens is 202 g/mol. The Morgan fingerprint density at radius 2 is 2.12 bits per heavy atom. The standard InChI is InChI=1S/C13H25NO2/c1-6-10(2)14-9-7-8-11(14)12(15)16-13(3,4)5/h10-11H,6-9H2,1-5H3/t10?,11-/m0/s1. The largest absolute Gasteiger partial charge is 0.459 e. The monoisotopic (exact) mass is 227 g/mol. The maximum Gasteiger partial charge on any atom is 0.323 e. The average molecular weight is 227 g/mol. The van der Waals surface area contributed by atoms with Crippen molar-refractivity contribution < 1.29 is 9.53 Å². The van der Waals surface area contributed by atoms with E-state index in [9.17, 15) is 4.79 Å². The van der Waals surface area contributed by atoms with Crippen molar-refractivity contribution in [3.05, 3.63) is 0 Å². The lowest BCUT2D eigenvalue weighted by molar-refractivity contribution is -0.161. The maximum absolute atomic E-state index is 12.0. The van der Waals surface area contributed by atoms with E-state index < -0.39 is 0 Å². The van der Waals surface area contributed by atoms with Gasteiger partial charge in [-0.2, -0.15) is 0 Å². The molecule has 1 fully saturated rings. The SMILES string of the molecule is CCC(C)N1CCC[C@H]1C(=O)OC(C)(C)C. The van der Waals surface area contributed by atoms with Crippen LogP contribution in [0.4, 0.5) is 0 Å². The molecule has 2 atom stereocenters. The summed E-state index contributed by atoms with van der Waals surface area (Å²) in [6.07, 6.45) is 3.13. The molecule has 0 aromatic heterocycles. The molecule has 16 heavy (non-hydrogen) atoms. The Hall–Kier alpha value is -0.570. The van der Waals surface area contributed by atoms with Crippen LogP contribution >= 0.6 is 0 Å². The number of ether oxygens (including phenoxy) is 1. The van der Waals surface area contributed by atoms with Crippen LogP contribution in [0.15, 0.2) is 0 Å². The van der Waals surface area contributed by atoms with Gasteiger partial charge in [-0.15, -0.1) is 0 Å². The molecule has 1 aliphatic heterocycles. The number of rotatable bonds is 3. The van der Waals surface area contributed by atoms with Crippen LogP contribution in [0.3, 0.4) is 0 Å². The van der Waals surface area contributed by atoms with Crippen LogP contribution in [0, 0.1) is 0 Å². The van der Waals surface area contributed by atoms with Crippen LogP contribution < -0.4 is 0 Å². The van der Waals surface area contributed by atoms with Crippen LogP contribution in [-0.2, 0) is 9.53 Å². The summed E-state index contributed by atoms with van der Waals surface area (Å²) in [5, 5.41) is 0. The molecule has 0 radical (unpaired) electrons. The lowest BCUT2D eigenvalue weighted by Gasteiger charge is -2.30. The van der Waals surface area contributed by atoms with Crippen LogP contribution in [-0.4, -0.2) is 35.1 Å². The van der Waals surface area contributed by atoms with Crippen LogP contribution in [0.25, 0.3) is 0 Å². The summed E-state index contributed by atoms with van der Waals surface area (Å²) in [4.78, 5) is 14.3. The van der Waals surface area contributed by atoms with E-state index in [4.69, 9.17) is 4.74 Å².